The van der Waals surface area contributed by atoms with Crippen LogP contribution in [0.4, 0.5) is 23.7 Å². The van der Waals surface area contributed by atoms with Gasteiger partial charge in [-0.1, -0.05) is 0 Å². The summed E-state index contributed by atoms with van der Waals surface area (Å²) in [4.78, 5) is 42.1. The minimum atomic E-state index is -5.08. The number of amides is 3. The van der Waals surface area contributed by atoms with Crippen LogP contribution >= 0.6 is 11.3 Å². The first kappa shape index (κ1) is 23.3. The first-order valence-corrected chi connectivity index (χ1v) is 10.9. The van der Waals surface area contributed by atoms with E-state index in [1.165, 1.54) is 0 Å². The van der Waals surface area contributed by atoms with Gasteiger partial charge in [-0.3, -0.25) is 9.69 Å². The fraction of sp³-hybridized carbons (Fsp3) is 0.632. The van der Waals surface area contributed by atoms with Gasteiger partial charge in [0.05, 0.1) is 17.8 Å². The Morgan fingerprint density at radius 1 is 1.13 bits per heavy atom. The first-order valence-electron chi connectivity index (χ1n) is 9.91. The lowest BCUT2D eigenvalue weighted by Gasteiger charge is -2.46. The maximum atomic E-state index is 12.7. The third kappa shape index (κ3) is 5.12. The lowest BCUT2D eigenvalue weighted by Crippen LogP contribution is -2.64. The highest BCUT2D eigenvalue weighted by molar-refractivity contribution is 7.08. The normalized spacial score (nSPS) is 24.5. The Labute approximate surface area is 181 Å². The molecule has 3 saturated heterocycles. The molecule has 172 valence electrons. The molecule has 0 bridgehead atoms. The molecular formula is C19H25F3N4O4S. The van der Waals surface area contributed by atoms with Crippen LogP contribution in [0.5, 0.6) is 0 Å². The number of hydrogen-bond acceptors (Lipinski definition) is 5. The minimum absolute atomic E-state index is 0.120. The Morgan fingerprint density at radius 2 is 1.77 bits per heavy atom. The van der Waals surface area contributed by atoms with Gasteiger partial charge >= 0.3 is 18.2 Å². The molecule has 1 unspecified atom stereocenters. The lowest BCUT2D eigenvalue weighted by molar-refractivity contribution is -0.192. The van der Waals surface area contributed by atoms with E-state index in [0.29, 0.717) is 19.6 Å². The number of piperazine rings is 1. The molecule has 8 nitrogen and oxygen atoms in total. The van der Waals surface area contributed by atoms with Gasteiger partial charge in [0.2, 0.25) is 5.91 Å². The van der Waals surface area contributed by atoms with Crippen molar-refractivity contribution < 1.29 is 32.7 Å². The molecule has 31 heavy (non-hydrogen) atoms. The van der Waals surface area contributed by atoms with E-state index in [2.05, 4.69) is 4.90 Å². The van der Waals surface area contributed by atoms with Crippen molar-refractivity contribution in [1.82, 2.24) is 14.7 Å². The Kier molecular flexibility index (Phi) is 6.79. The summed E-state index contributed by atoms with van der Waals surface area (Å²) in [6, 6.07) is 2.18. The number of carbonyl (C=O) groups is 3. The molecule has 0 aromatic carbocycles. The number of hydrogen-bond donors (Lipinski definition) is 1. The van der Waals surface area contributed by atoms with E-state index in [9.17, 15) is 22.8 Å². The summed E-state index contributed by atoms with van der Waals surface area (Å²) in [5.41, 5.74) is 0.868. The summed E-state index contributed by atoms with van der Waals surface area (Å²) >= 11 is 1.61. The van der Waals surface area contributed by atoms with Crippen molar-refractivity contribution in [2.75, 3.05) is 51.2 Å². The predicted molar refractivity (Wildman–Crippen MR) is 108 cm³/mol. The van der Waals surface area contributed by atoms with Gasteiger partial charge in [-0.05, 0) is 37.8 Å². The highest BCUT2D eigenvalue weighted by Gasteiger charge is 2.49. The number of anilines is 1. The van der Waals surface area contributed by atoms with Gasteiger partial charge in [-0.2, -0.15) is 24.5 Å². The summed E-state index contributed by atoms with van der Waals surface area (Å²) in [6.07, 6.45) is -1.92. The van der Waals surface area contributed by atoms with Gasteiger partial charge in [0.25, 0.3) is 0 Å². The molecular weight excluding hydrogens is 437 g/mol. The number of carboxylic acid groups (broad SMARTS) is 1. The van der Waals surface area contributed by atoms with Crippen LogP contribution in [-0.2, 0) is 9.59 Å². The molecule has 3 fully saturated rings. The standard InChI is InChI=1S/C17H24N4O2S.C2HF3O2/c1-18-10-15(22)21(14-4-9-24-11-14)13-17(18)5-8-20(12-17)16(23)19-6-2-3-7-19;3-2(4,5)1(6)7/h4,9,11H,2-3,5-8,10,12-13H2,1H3;(H,6,7). The molecule has 1 atom stereocenters. The number of alkyl halides is 3. The van der Waals surface area contributed by atoms with Crippen LogP contribution < -0.4 is 4.90 Å². The van der Waals surface area contributed by atoms with E-state index in [-0.39, 0.29) is 17.5 Å². The Hall–Kier alpha value is -2.34. The molecule has 3 amide bonds. The second-order valence-electron chi connectivity index (χ2n) is 7.99. The van der Waals surface area contributed by atoms with E-state index >= 15 is 0 Å². The Balaban J connectivity index is 0.000000339. The topological polar surface area (TPSA) is 84.4 Å². The van der Waals surface area contributed by atoms with E-state index < -0.39 is 12.1 Å². The van der Waals surface area contributed by atoms with Gasteiger partial charge in [-0.15, -0.1) is 0 Å². The lowest BCUT2D eigenvalue weighted by atomic mass is 9.93. The van der Waals surface area contributed by atoms with Crippen LogP contribution in [0.3, 0.4) is 0 Å². The maximum Gasteiger partial charge on any atom is 0.490 e. The number of halogens is 3. The molecule has 3 aliphatic rings. The zero-order valence-electron chi connectivity index (χ0n) is 17.1. The smallest absolute Gasteiger partial charge is 0.475 e. The minimum Gasteiger partial charge on any atom is -0.475 e. The average molecular weight is 462 g/mol. The second-order valence-corrected chi connectivity index (χ2v) is 8.77. The highest BCUT2D eigenvalue weighted by Crippen LogP contribution is 2.34. The quantitative estimate of drug-likeness (QED) is 0.693. The number of carbonyl (C=O) groups excluding carboxylic acids is 2. The van der Waals surface area contributed by atoms with E-state index in [1.54, 1.807) is 11.3 Å². The van der Waals surface area contributed by atoms with Crippen LogP contribution in [-0.4, -0.2) is 95.7 Å². The van der Waals surface area contributed by atoms with Crippen molar-refractivity contribution in [2.24, 2.45) is 0 Å². The van der Waals surface area contributed by atoms with Crippen LogP contribution in [0.2, 0.25) is 0 Å². The number of rotatable bonds is 1. The molecule has 0 saturated carbocycles. The van der Waals surface area contributed by atoms with Crippen molar-refractivity contribution in [2.45, 2.75) is 31.0 Å². The number of urea groups is 1. The predicted octanol–water partition coefficient (Wildman–Crippen LogP) is 2.32. The fourth-order valence-corrected chi connectivity index (χ4v) is 4.82. The van der Waals surface area contributed by atoms with Gasteiger partial charge in [0.15, 0.2) is 0 Å². The number of aliphatic carboxylic acids is 1. The van der Waals surface area contributed by atoms with Crippen molar-refractivity contribution in [3.63, 3.8) is 0 Å². The van der Waals surface area contributed by atoms with Crippen molar-refractivity contribution in [1.29, 1.82) is 0 Å². The molecule has 1 N–H and O–H groups in total. The van der Waals surface area contributed by atoms with E-state index in [0.717, 1.165) is 44.6 Å². The van der Waals surface area contributed by atoms with Crippen LogP contribution in [0, 0.1) is 0 Å². The van der Waals surface area contributed by atoms with Gasteiger partial charge in [-0.25, -0.2) is 9.59 Å². The molecule has 0 aliphatic carbocycles. The third-order valence-corrected chi connectivity index (χ3v) is 6.65. The number of thiophene rings is 1. The third-order valence-electron chi connectivity index (χ3n) is 5.98. The molecule has 1 aromatic rings. The Bertz CT molecular complexity index is 814. The van der Waals surface area contributed by atoms with Gasteiger partial charge in [0, 0.05) is 38.1 Å². The van der Waals surface area contributed by atoms with Crippen LogP contribution in [0.1, 0.15) is 19.3 Å². The second kappa shape index (κ2) is 9.03. The zero-order valence-corrected chi connectivity index (χ0v) is 17.9. The van der Waals surface area contributed by atoms with Gasteiger partial charge < -0.3 is 19.8 Å². The summed E-state index contributed by atoms with van der Waals surface area (Å²) < 4.78 is 31.7. The maximum absolute atomic E-state index is 12.7. The van der Waals surface area contributed by atoms with E-state index in [4.69, 9.17) is 9.90 Å². The van der Waals surface area contributed by atoms with Crippen LogP contribution in [0.25, 0.3) is 0 Å². The molecule has 4 heterocycles. The number of carboxylic acids is 1. The molecule has 1 aromatic heterocycles. The molecule has 3 aliphatic heterocycles. The first-order chi connectivity index (χ1) is 14.5. The SMILES string of the molecule is CN1CC(=O)N(c2ccsc2)CC12CCN(C(=O)N1CCCC1)C2.O=C(O)C(F)(F)F. The number of nitrogens with zero attached hydrogens (tertiary/aromatic N) is 4. The largest absolute Gasteiger partial charge is 0.490 e. The fourth-order valence-electron chi connectivity index (χ4n) is 4.17. The van der Waals surface area contributed by atoms with Gasteiger partial charge in [0.1, 0.15) is 0 Å². The zero-order chi connectivity index (χ0) is 22.8. The summed E-state index contributed by atoms with van der Waals surface area (Å²) in [5.74, 6) is -2.61. The van der Waals surface area contributed by atoms with Crippen molar-refractivity contribution in [3.05, 3.63) is 16.8 Å². The Morgan fingerprint density at radius 3 is 2.32 bits per heavy atom. The highest BCUT2D eigenvalue weighted by atomic mass is 32.1. The van der Waals surface area contributed by atoms with E-state index in [1.807, 2.05) is 38.6 Å². The van der Waals surface area contributed by atoms with Crippen molar-refractivity contribution >= 4 is 34.9 Å². The molecule has 1 spiro atoms. The summed E-state index contributed by atoms with van der Waals surface area (Å²) in [7, 11) is 2.02. The monoisotopic (exact) mass is 462 g/mol. The molecule has 0 radical (unpaired) electrons. The van der Waals surface area contributed by atoms with Crippen molar-refractivity contribution in [3.8, 4) is 0 Å². The summed E-state index contributed by atoms with van der Waals surface area (Å²) in [5, 5.41) is 11.2. The number of likely N-dealkylation sites (tertiary alicyclic amines) is 2. The summed E-state index contributed by atoms with van der Waals surface area (Å²) in [6.45, 7) is 4.36. The van der Waals surface area contributed by atoms with Crippen LogP contribution in [0.15, 0.2) is 16.8 Å². The molecule has 12 heteroatoms. The average Bonchev–Trinajstić information content (AvgIpc) is 3.47. The number of likely N-dealkylation sites (N-methyl/N-ethyl adjacent to an activating group) is 1. The molecule has 4 rings (SSSR count).